The smallest absolute Gasteiger partial charge is 0.270 e. The molecule has 1 fully saturated rings. The van der Waals surface area contributed by atoms with Crippen LogP contribution in [-0.2, 0) is 17.9 Å². The van der Waals surface area contributed by atoms with Crippen molar-refractivity contribution >= 4 is 11.8 Å². The molecule has 1 saturated heterocycles. The Kier molecular flexibility index (Phi) is 6.80. The molecule has 2 aromatic heterocycles. The van der Waals surface area contributed by atoms with Crippen LogP contribution in [0.15, 0.2) is 30.3 Å². The minimum absolute atomic E-state index is 0.0753. The SMILES string of the molecule is COc1cc(CNC(=O)c2cc(-c3nnn(C[C@@H]4CCN(C(C)=O)C4)n3)cc(C)n2)ccc1F. The Morgan fingerprint density at radius 1 is 1.26 bits per heavy atom. The monoisotopic (exact) mass is 467 g/mol. The Hall–Kier alpha value is -3.89. The summed E-state index contributed by atoms with van der Waals surface area (Å²) in [5.74, 6) is 0.0128. The summed E-state index contributed by atoms with van der Waals surface area (Å²) in [4.78, 5) is 31.9. The fourth-order valence-corrected chi connectivity index (χ4v) is 3.94. The Morgan fingerprint density at radius 2 is 2.09 bits per heavy atom. The second-order valence-corrected chi connectivity index (χ2v) is 8.32. The molecule has 178 valence electrons. The first-order valence-electron chi connectivity index (χ1n) is 11.0. The number of ether oxygens (including phenoxy) is 1. The molecule has 11 heteroatoms. The van der Waals surface area contributed by atoms with Crippen molar-refractivity contribution < 1.29 is 18.7 Å². The second kappa shape index (κ2) is 9.94. The number of amides is 2. The number of halogens is 1. The minimum Gasteiger partial charge on any atom is -0.494 e. The van der Waals surface area contributed by atoms with Gasteiger partial charge in [0, 0.05) is 37.8 Å². The summed E-state index contributed by atoms with van der Waals surface area (Å²) in [7, 11) is 1.39. The quantitative estimate of drug-likeness (QED) is 0.565. The van der Waals surface area contributed by atoms with E-state index in [1.165, 1.54) is 24.0 Å². The molecular weight excluding hydrogens is 441 g/mol. The average Bonchev–Trinajstić information content (AvgIpc) is 3.48. The van der Waals surface area contributed by atoms with Crippen LogP contribution in [0, 0.1) is 18.7 Å². The minimum atomic E-state index is -0.466. The number of tetrazole rings is 1. The number of hydrogen-bond donors (Lipinski definition) is 1. The first kappa shape index (κ1) is 23.3. The highest BCUT2D eigenvalue weighted by molar-refractivity contribution is 5.93. The number of hydrogen-bond acceptors (Lipinski definition) is 7. The highest BCUT2D eigenvalue weighted by atomic mass is 19.1. The summed E-state index contributed by atoms with van der Waals surface area (Å²) in [5, 5.41) is 15.5. The van der Waals surface area contributed by atoms with Crippen molar-refractivity contribution in [2.24, 2.45) is 5.92 Å². The van der Waals surface area contributed by atoms with E-state index in [1.54, 1.807) is 32.0 Å². The number of pyridine rings is 1. The normalized spacial score (nSPS) is 15.4. The zero-order valence-corrected chi connectivity index (χ0v) is 19.3. The predicted molar refractivity (Wildman–Crippen MR) is 120 cm³/mol. The molecular formula is C23H26FN7O3. The molecule has 1 aliphatic heterocycles. The molecule has 10 nitrogen and oxygen atoms in total. The largest absolute Gasteiger partial charge is 0.494 e. The molecule has 0 bridgehead atoms. The van der Waals surface area contributed by atoms with Gasteiger partial charge in [0.15, 0.2) is 11.6 Å². The third-order valence-corrected chi connectivity index (χ3v) is 5.72. The molecule has 1 aliphatic rings. The van der Waals surface area contributed by atoms with E-state index in [0.717, 1.165) is 13.0 Å². The molecule has 4 rings (SSSR count). The van der Waals surface area contributed by atoms with Gasteiger partial charge in [0.2, 0.25) is 11.7 Å². The number of aryl methyl sites for hydroxylation is 1. The summed E-state index contributed by atoms with van der Waals surface area (Å²) in [5.41, 5.74) is 2.17. The fourth-order valence-electron chi connectivity index (χ4n) is 3.94. The number of methoxy groups -OCH3 is 1. The van der Waals surface area contributed by atoms with Crippen molar-refractivity contribution in [1.29, 1.82) is 0 Å². The Morgan fingerprint density at radius 3 is 2.82 bits per heavy atom. The number of nitrogens with zero attached hydrogens (tertiary/aromatic N) is 6. The van der Waals surface area contributed by atoms with Gasteiger partial charge in [0.05, 0.1) is 13.7 Å². The lowest BCUT2D eigenvalue weighted by Crippen LogP contribution is -2.26. The number of likely N-dealkylation sites (tertiary alicyclic amines) is 1. The highest BCUT2D eigenvalue weighted by Crippen LogP contribution is 2.20. The lowest BCUT2D eigenvalue weighted by atomic mass is 10.1. The molecule has 1 atom stereocenters. The van der Waals surface area contributed by atoms with Gasteiger partial charge in [0.1, 0.15) is 5.69 Å². The van der Waals surface area contributed by atoms with Crippen LogP contribution in [0.3, 0.4) is 0 Å². The van der Waals surface area contributed by atoms with Crippen LogP contribution in [0.1, 0.15) is 35.1 Å². The predicted octanol–water partition coefficient (Wildman–Crippen LogP) is 1.99. The number of rotatable bonds is 7. The van der Waals surface area contributed by atoms with Gasteiger partial charge in [-0.15, -0.1) is 10.2 Å². The Balaban J connectivity index is 1.43. The molecule has 0 spiro atoms. The van der Waals surface area contributed by atoms with E-state index in [-0.39, 0.29) is 35.7 Å². The van der Waals surface area contributed by atoms with E-state index in [4.69, 9.17) is 4.74 Å². The summed E-state index contributed by atoms with van der Waals surface area (Å²) in [6, 6.07) is 7.81. The van der Waals surface area contributed by atoms with E-state index >= 15 is 0 Å². The fraction of sp³-hybridized carbons (Fsp3) is 0.391. The van der Waals surface area contributed by atoms with E-state index in [9.17, 15) is 14.0 Å². The van der Waals surface area contributed by atoms with E-state index in [1.807, 2.05) is 4.90 Å². The van der Waals surface area contributed by atoms with Crippen molar-refractivity contribution in [3.05, 3.63) is 53.1 Å². The molecule has 0 aliphatic carbocycles. The molecule has 1 N–H and O–H groups in total. The zero-order valence-electron chi connectivity index (χ0n) is 19.3. The van der Waals surface area contributed by atoms with Crippen molar-refractivity contribution in [3.8, 4) is 17.1 Å². The number of nitrogens with one attached hydrogen (secondary N) is 1. The van der Waals surface area contributed by atoms with Crippen LogP contribution in [0.5, 0.6) is 5.75 Å². The zero-order chi connectivity index (χ0) is 24.2. The number of aromatic nitrogens is 5. The molecule has 34 heavy (non-hydrogen) atoms. The molecule has 1 aromatic carbocycles. The first-order chi connectivity index (χ1) is 16.3. The van der Waals surface area contributed by atoms with Gasteiger partial charge >= 0.3 is 0 Å². The molecule has 3 aromatic rings. The van der Waals surface area contributed by atoms with Crippen molar-refractivity contribution in [2.75, 3.05) is 20.2 Å². The van der Waals surface area contributed by atoms with Gasteiger partial charge < -0.3 is 15.0 Å². The van der Waals surface area contributed by atoms with E-state index in [2.05, 4.69) is 25.7 Å². The van der Waals surface area contributed by atoms with Crippen LogP contribution in [0.2, 0.25) is 0 Å². The van der Waals surface area contributed by atoms with Crippen LogP contribution in [-0.4, -0.2) is 62.1 Å². The third kappa shape index (κ3) is 5.36. The molecule has 3 heterocycles. The lowest BCUT2D eigenvalue weighted by Gasteiger charge is -2.13. The van der Waals surface area contributed by atoms with Gasteiger partial charge in [-0.25, -0.2) is 9.37 Å². The van der Waals surface area contributed by atoms with Crippen LogP contribution in [0.25, 0.3) is 11.4 Å². The number of carbonyl (C=O) groups excluding carboxylic acids is 2. The maximum Gasteiger partial charge on any atom is 0.270 e. The maximum atomic E-state index is 13.6. The highest BCUT2D eigenvalue weighted by Gasteiger charge is 2.25. The summed E-state index contributed by atoms with van der Waals surface area (Å²) >= 11 is 0. The summed E-state index contributed by atoms with van der Waals surface area (Å²) < 4.78 is 18.6. The first-order valence-corrected chi connectivity index (χ1v) is 11.0. The number of carbonyl (C=O) groups is 2. The maximum absolute atomic E-state index is 13.6. The van der Waals surface area contributed by atoms with Gasteiger partial charge in [-0.3, -0.25) is 9.59 Å². The standard InChI is InChI=1S/C23H26FN7O3/c1-14-8-18(22-27-29-31(28-22)13-17-6-7-30(12-17)15(2)32)10-20(26-14)23(33)25-11-16-4-5-19(24)21(9-16)34-3/h4-5,8-10,17H,6-7,11-13H2,1-3H3,(H,25,33)/t17-/m1/s1. The number of benzene rings is 1. The van der Waals surface area contributed by atoms with Crippen molar-refractivity contribution in [2.45, 2.75) is 33.4 Å². The van der Waals surface area contributed by atoms with E-state index < -0.39 is 5.82 Å². The van der Waals surface area contributed by atoms with Crippen molar-refractivity contribution in [1.82, 2.24) is 35.4 Å². The van der Waals surface area contributed by atoms with Crippen LogP contribution in [0.4, 0.5) is 4.39 Å². The molecule has 0 saturated carbocycles. The molecule has 2 amide bonds. The summed E-state index contributed by atoms with van der Waals surface area (Å²) in [6.07, 6.45) is 0.898. The van der Waals surface area contributed by atoms with Gasteiger partial charge in [0.25, 0.3) is 5.91 Å². The average molecular weight is 468 g/mol. The third-order valence-electron chi connectivity index (χ3n) is 5.72. The lowest BCUT2D eigenvalue weighted by molar-refractivity contribution is -0.127. The van der Waals surface area contributed by atoms with E-state index in [0.29, 0.717) is 35.7 Å². The van der Waals surface area contributed by atoms with Crippen LogP contribution < -0.4 is 10.1 Å². The molecule has 0 radical (unpaired) electrons. The molecule has 0 unspecified atom stereocenters. The van der Waals surface area contributed by atoms with Crippen LogP contribution >= 0.6 is 0 Å². The Bertz CT molecular complexity index is 1210. The summed E-state index contributed by atoms with van der Waals surface area (Å²) in [6.45, 7) is 5.54. The topological polar surface area (TPSA) is 115 Å². The van der Waals surface area contributed by atoms with Gasteiger partial charge in [-0.05, 0) is 54.3 Å². The second-order valence-electron chi connectivity index (χ2n) is 8.32. The van der Waals surface area contributed by atoms with Crippen molar-refractivity contribution in [3.63, 3.8) is 0 Å². The van der Waals surface area contributed by atoms with Gasteiger partial charge in [-0.1, -0.05) is 6.07 Å². The Labute approximate surface area is 196 Å². The van der Waals surface area contributed by atoms with Gasteiger partial charge in [-0.2, -0.15) is 4.80 Å².